The lowest BCUT2D eigenvalue weighted by Gasteiger charge is -2.26. The van der Waals surface area contributed by atoms with E-state index in [0.717, 1.165) is 23.1 Å². The van der Waals surface area contributed by atoms with Gasteiger partial charge in [0, 0.05) is 30.3 Å². The van der Waals surface area contributed by atoms with Gasteiger partial charge in [0.25, 0.3) is 5.56 Å². The van der Waals surface area contributed by atoms with Crippen molar-refractivity contribution >= 4 is 56.8 Å². The predicted molar refractivity (Wildman–Crippen MR) is 141 cm³/mol. The number of carbonyl (C=O) groups is 1. The number of anilines is 1. The zero-order valence-corrected chi connectivity index (χ0v) is 22.8. The van der Waals surface area contributed by atoms with Crippen LogP contribution in [0.25, 0.3) is 6.08 Å². The number of fused-ring (bicyclic) bond motifs is 1. The number of ether oxygens (including phenoxy) is 2. The van der Waals surface area contributed by atoms with E-state index in [1.165, 1.54) is 11.3 Å². The Morgan fingerprint density at radius 1 is 1.31 bits per heavy atom. The molecule has 36 heavy (non-hydrogen) atoms. The van der Waals surface area contributed by atoms with Crippen LogP contribution >= 0.6 is 38.9 Å². The second kappa shape index (κ2) is 10.4. The monoisotopic (exact) mass is 591 g/mol. The van der Waals surface area contributed by atoms with E-state index >= 15 is 0 Å². The number of hydrogen-bond acceptors (Lipinski definition) is 8. The van der Waals surface area contributed by atoms with Crippen molar-refractivity contribution in [2.45, 2.75) is 19.9 Å². The van der Waals surface area contributed by atoms with Gasteiger partial charge < -0.3 is 18.8 Å². The third kappa shape index (κ3) is 4.70. The smallest absolute Gasteiger partial charge is 0.338 e. The molecule has 0 saturated carbocycles. The molecule has 0 aliphatic carbocycles. The molecular weight excluding hydrogens is 570 g/mol. The Bertz CT molecular complexity index is 1520. The van der Waals surface area contributed by atoms with Gasteiger partial charge in [0.15, 0.2) is 4.80 Å². The van der Waals surface area contributed by atoms with E-state index in [0.29, 0.717) is 50.5 Å². The van der Waals surface area contributed by atoms with Crippen LogP contribution in [0.3, 0.4) is 0 Å². The zero-order valence-electron chi connectivity index (χ0n) is 19.6. The van der Waals surface area contributed by atoms with Gasteiger partial charge in [-0.1, -0.05) is 35.1 Å². The molecule has 2 aliphatic rings. The van der Waals surface area contributed by atoms with Crippen LogP contribution in [0.15, 0.2) is 60.3 Å². The fourth-order valence-electron chi connectivity index (χ4n) is 4.31. The van der Waals surface area contributed by atoms with Gasteiger partial charge in [0.2, 0.25) is 5.88 Å². The lowest BCUT2D eigenvalue weighted by molar-refractivity contribution is -0.139. The number of nitrogens with zero attached hydrogens (tertiary/aromatic N) is 3. The summed E-state index contributed by atoms with van der Waals surface area (Å²) in [6.45, 7) is 6.43. The second-order valence-electron chi connectivity index (χ2n) is 8.26. The van der Waals surface area contributed by atoms with Gasteiger partial charge in [-0.15, -0.1) is 0 Å². The summed E-state index contributed by atoms with van der Waals surface area (Å²) in [5.41, 5.74) is 1.30. The molecule has 8 nitrogen and oxygen atoms in total. The van der Waals surface area contributed by atoms with Gasteiger partial charge in [-0.3, -0.25) is 9.36 Å². The Hall–Kier alpha value is -2.66. The molecule has 1 fully saturated rings. The largest absolute Gasteiger partial charge is 0.463 e. The van der Waals surface area contributed by atoms with E-state index in [4.69, 9.17) is 25.5 Å². The van der Waals surface area contributed by atoms with Crippen LogP contribution in [0, 0.1) is 0 Å². The van der Waals surface area contributed by atoms with Gasteiger partial charge in [-0.2, -0.15) is 0 Å². The fourth-order valence-corrected chi connectivity index (χ4v) is 6.02. The number of morpholine rings is 1. The quantitative estimate of drug-likeness (QED) is 0.421. The molecule has 5 rings (SSSR count). The van der Waals surface area contributed by atoms with Crippen molar-refractivity contribution in [3.05, 3.63) is 82.1 Å². The highest BCUT2D eigenvalue weighted by molar-refractivity contribution is 9.10. The van der Waals surface area contributed by atoms with Crippen LogP contribution < -0.4 is 19.8 Å². The average Bonchev–Trinajstić information content (AvgIpc) is 3.38. The van der Waals surface area contributed by atoms with E-state index in [1.54, 1.807) is 48.8 Å². The Morgan fingerprint density at radius 2 is 2.03 bits per heavy atom. The van der Waals surface area contributed by atoms with E-state index in [9.17, 15) is 9.59 Å². The molecule has 0 amide bonds. The van der Waals surface area contributed by atoms with Crippen LogP contribution in [0.1, 0.15) is 31.2 Å². The van der Waals surface area contributed by atoms with Crippen molar-refractivity contribution in [2.75, 3.05) is 37.8 Å². The van der Waals surface area contributed by atoms with Gasteiger partial charge in [-0.05, 0) is 47.5 Å². The van der Waals surface area contributed by atoms with E-state index in [1.807, 2.05) is 6.07 Å². The van der Waals surface area contributed by atoms with Crippen LogP contribution in [0.2, 0.25) is 5.02 Å². The predicted octanol–water partition coefficient (Wildman–Crippen LogP) is 3.64. The molecule has 1 aromatic carbocycles. The first-order chi connectivity index (χ1) is 17.4. The molecule has 188 valence electrons. The normalized spacial score (nSPS) is 18.3. The lowest BCUT2D eigenvalue weighted by atomic mass is 9.96. The molecule has 1 atom stereocenters. The summed E-state index contributed by atoms with van der Waals surface area (Å²) in [7, 11) is 0. The zero-order chi connectivity index (χ0) is 25.4. The first kappa shape index (κ1) is 25.0. The Kier molecular flexibility index (Phi) is 7.21. The minimum Gasteiger partial charge on any atom is -0.463 e. The molecule has 1 saturated heterocycles. The molecule has 0 radical (unpaired) electrons. The molecular formula is C25H23BrClN3O5S. The summed E-state index contributed by atoms with van der Waals surface area (Å²) < 4.78 is 19.6. The first-order valence-corrected chi connectivity index (χ1v) is 13.4. The number of carbonyl (C=O) groups excluding carboxylic acids is 1. The fraction of sp³-hybridized carbons (Fsp3) is 0.320. The Labute approximate surface area is 224 Å². The molecule has 2 aliphatic heterocycles. The molecule has 3 aromatic rings. The van der Waals surface area contributed by atoms with Crippen molar-refractivity contribution in [3.63, 3.8) is 0 Å². The minimum atomic E-state index is -0.688. The van der Waals surface area contributed by atoms with Crippen molar-refractivity contribution in [1.29, 1.82) is 0 Å². The number of benzene rings is 1. The number of thiazole rings is 1. The highest BCUT2D eigenvalue weighted by Crippen LogP contribution is 2.32. The van der Waals surface area contributed by atoms with Crippen LogP contribution in [-0.4, -0.2) is 43.4 Å². The van der Waals surface area contributed by atoms with Crippen molar-refractivity contribution < 1.29 is 18.7 Å². The SMILES string of the molecule is CCOC(=O)C1=C(C)N=c2s/c(=C/c3cc(Br)c(N4CCOCC4)o3)c(=O)n2[C@@H]1c1ccc(Cl)cc1. The molecule has 0 bridgehead atoms. The summed E-state index contributed by atoms with van der Waals surface area (Å²) in [4.78, 5) is 33.8. The van der Waals surface area contributed by atoms with Gasteiger partial charge in [0.1, 0.15) is 5.76 Å². The third-order valence-corrected chi connectivity index (χ3v) is 7.77. The maximum absolute atomic E-state index is 13.7. The van der Waals surface area contributed by atoms with E-state index in [2.05, 4.69) is 25.8 Å². The van der Waals surface area contributed by atoms with Crippen LogP contribution in [0.4, 0.5) is 5.88 Å². The molecule has 11 heteroatoms. The molecule has 0 spiro atoms. The topological polar surface area (TPSA) is 86.3 Å². The first-order valence-electron chi connectivity index (χ1n) is 11.4. The number of hydrogen-bond donors (Lipinski definition) is 0. The number of rotatable bonds is 5. The molecule has 0 unspecified atom stereocenters. The number of halogens is 2. The van der Waals surface area contributed by atoms with Crippen LogP contribution in [-0.2, 0) is 14.3 Å². The summed E-state index contributed by atoms with van der Waals surface area (Å²) >= 11 is 10.9. The maximum atomic E-state index is 13.7. The number of esters is 1. The van der Waals surface area contributed by atoms with Crippen molar-refractivity contribution in [3.8, 4) is 0 Å². The highest BCUT2D eigenvalue weighted by atomic mass is 79.9. The van der Waals surface area contributed by atoms with Crippen LogP contribution in [0.5, 0.6) is 0 Å². The van der Waals surface area contributed by atoms with E-state index < -0.39 is 12.0 Å². The minimum absolute atomic E-state index is 0.215. The lowest BCUT2D eigenvalue weighted by Crippen LogP contribution is -2.39. The standard InChI is InChI=1S/C25H23BrClN3O5S/c1-3-34-24(32)20-14(2)28-25-30(21(20)15-4-6-16(27)7-5-15)22(31)19(36-25)13-17-12-18(26)23(35-17)29-8-10-33-11-9-29/h4-7,12-13,21H,3,8-11H2,1-2H3/b19-13+/t21-/m1/s1. The van der Waals surface area contributed by atoms with Gasteiger partial charge >= 0.3 is 5.97 Å². The summed E-state index contributed by atoms with van der Waals surface area (Å²) in [6.07, 6.45) is 1.71. The summed E-state index contributed by atoms with van der Waals surface area (Å²) in [5, 5.41) is 0.559. The Morgan fingerprint density at radius 3 is 2.72 bits per heavy atom. The molecule has 0 N–H and O–H groups in total. The summed E-state index contributed by atoms with van der Waals surface area (Å²) in [5.74, 6) is 0.743. The average molecular weight is 593 g/mol. The van der Waals surface area contributed by atoms with Crippen molar-refractivity contribution in [1.82, 2.24) is 4.57 Å². The van der Waals surface area contributed by atoms with Gasteiger partial charge in [-0.25, -0.2) is 9.79 Å². The second-order valence-corrected chi connectivity index (χ2v) is 10.6. The number of allylic oxidation sites excluding steroid dienone is 1. The molecule has 4 heterocycles. The maximum Gasteiger partial charge on any atom is 0.338 e. The highest BCUT2D eigenvalue weighted by Gasteiger charge is 2.33. The molecule has 2 aromatic heterocycles. The summed E-state index contributed by atoms with van der Waals surface area (Å²) in [6, 6.07) is 8.24. The Balaban J connectivity index is 1.62. The van der Waals surface area contributed by atoms with Gasteiger partial charge in [0.05, 0.1) is 46.1 Å². The van der Waals surface area contributed by atoms with E-state index in [-0.39, 0.29) is 12.2 Å². The number of aromatic nitrogens is 1. The number of furan rings is 1. The third-order valence-electron chi connectivity index (χ3n) is 5.96. The van der Waals surface area contributed by atoms with Crippen molar-refractivity contribution in [2.24, 2.45) is 4.99 Å².